The van der Waals surface area contributed by atoms with Gasteiger partial charge in [0.15, 0.2) is 6.61 Å². The zero-order valence-corrected chi connectivity index (χ0v) is 15.2. The molecule has 0 aliphatic carbocycles. The average Bonchev–Trinajstić information content (AvgIpc) is 3.12. The van der Waals surface area contributed by atoms with E-state index >= 15 is 0 Å². The standard InChI is InChI=1S/C19H22ClNO4/c1-3-14-7-8-18(25-14)16-11-23-10-9-21(16)19(22)12-24-17-6-4-5-15(20)13(17)2/h4-8,16H,3,9-12H2,1-2H3/t16-/m0/s1. The maximum atomic E-state index is 12.7. The van der Waals surface area contributed by atoms with Crippen molar-refractivity contribution < 1.29 is 18.7 Å². The molecular formula is C19H22ClNO4. The smallest absolute Gasteiger partial charge is 0.261 e. The normalized spacial score (nSPS) is 17.6. The molecule has 1 aliphatic rings. The molecule has 1 fully saturated rings. The Balaban J connectivity index is 1.69. The second-order valence-corrected chi connectivity index (χ2v) is 6.39. The lowest BCUT2D eigenvalue weighted by atomic mass is 10.1. The third kappa shape index (κ3) is 3.99. The number of hydrogen-bond donors (Lipinski definition) is 0. The monoisotopic (exact) mass is 363 g/mol. The molecule has 1 saturated heterocycles. The lowest BCUT2D eigenvalue weighted by Gasteiger charge is -2.34. The van der Waals surface area contributed by atoms with E-state index in [-0.39, 0.29) is 18.6 Å². The quantitative estimate of drug-likeness (QED) is 0.811. The Morgan fingerprint density at radius 1 is 1.36 bits per heavy atom. The molecule has 134 valence electrons. The molecule has 3 rings (SSSR count). The molecule has 25 heavy (non-hydrogen) atoms. The first kappa shape index (κ1) is 17.8. The van der Waals surface area contributed by atoms with Crippen molar-refractivity contribution in [3.63, 3.8) is 0 Å². The van der Waals surface area contributed by atoms with Crippen LogP contribution in [0.15, 0.2) is 34.7 Å². The summed E-state index contributed by atoms with van der Waals surface area (Å²) < 4.78 is 17.1. The molecule has 0 saturated carbocycles. The molecule has 0 radical (unpaired) electrons. The maximum Gasteiger partial charge on any atom is 0.261 e. The van der Waals surface area contributed by atoms with Gasteiger partial charge >= 0.3 is 0 Å². The van der Waals surface area contributed by atoms with Crippen LogP contribution in [0.2, 0.25) is 5.02 Å². The summed E-state index contributed by atoms with van der Waals surface area (Å²) in [5.74, 6) is 2.18. The zero-order valence-electron chi connectivity index (χ0n) is 14.5. The van der Waals surface area contributed by atoms with Gasteiger partial charge in [-0.05, 0) is 31.2 Å². The van der Waals surface area contributed by atoms with Crippen molar-refractivity contribution >= 4 is 17.5 Å². The van der Waals surface area contributed by atoms with E-state index in [4.69, 9.17) is 25.5 Å². The van der Waals surface area contributed by atoms with E-state index in [1.807, 2.05) is 38.1 Å². The van der Waals surface area contributed by atoms with Crippen LogP contribution in [-0.4, -0.2) is 37.2 Å². The Morgan fingerprint density at radius 2 is 2.20 bits per heavy atom. The molecule has 0 unspecified atom stereocenters. The second kappa shape index (κ2) is 7.93. The van der Waals surface area contributed by atoms with Crippen LogP contribution in [0.3, 0.4) is 0 Å². The molecule has 1 aromatic carbocycles. The molecule has 1 aromatic heterocycles. The van der Waals surface area contributed by atoms with Gasteiger partial charge in [-0.15, -0.1) is 0 Å². The van der Waals surface area contributed by atoms with E-state index in [0.29, 0.717) is 30.5 Å². The number of ether oxygens (including phenoxy) is 2. The van der Waals surface area contributed by atoms with Crippen LogP contribution in [0.1, 0.15) is 30.0 Å². The second-order valence-electron chi connectivity index (χ2n) is 5.99. The number of aryl methyl sites for hydroxylation is 1. The van der Waals surface area contributed by atoms with E-state index in [9.17, 15) is 4.79 Å². The van der Waals surface area contributed by atoms with Crippen LogP contribution >= 0.6 is 11.6 Å². The highest BCUT2D eigenvalue weighted by molar-refractivity contribution is 6.31. The molecule has 0 bridgehead atoms. The molecule has 0 N–H and O–H groups in total. The third-order valence-electron chi connectivity index (χ3n) is 4.38. The molecule has 5 nitrogen and oxygen atoms in total. The number of morpholine rings is 1. The fourth-order valence-electron chi connectivity index (χ4n) is 2.87. The number of carbonyl (C=O) groups excluding carboxylic acids is 1. The highest BCUT2D eigenvalue weighted by Crippen LogP contribution is 2.28. The van der Waals surface area contributed by atoms with Gasteiger partial charge in [0.2, 0.25) is 0 Å². The highest BCUT2D eigenvalue weighted by atomic mass is 35.5. The van der Waals surface area contributed by atoms with Crippen LogP contribution < -0.4 is 4.74 Å². The van der Waals surface area contributed by atoms with Gasteiger partial charge in [0, 0.05) is 23.6 Å². The molecule has 2 heterocycles. The number of nitrogens with zero attached hydrogens (tertiary/aromatic N) is 1. The SMILES string of the molecule is CCc1ccc([C@@H]2COCCN2C(=O)COc2cccc(Cl)c2C)o1. The van der Waals surface area contributed by atoms with Crippen molar-refractivity contribution in [2.24, 2.45) is 0 Å². The number of carbonyl (C=O) groups is 1. The molecule has 0 spiro atoms. The minimum atomic E-state index is -0.217. The number of hydrogen-bond acceptors (Lipinski definition) is 4. The molecule has 1 atom stereocenters. The summed E-state index contributed by atoms with van der Waals surface area (Å²) in [5.41, 5.74) is 0.828. The Morgan fingerprint density at radius 3 is 2.96 bits per heavy atom. The molecule has 6 heteroatoms. The number of benzene rings is 1. The summed E-state index contributed by atoms with van der Waals surface area (Å²) in [6.45, 7) is 5.32. The first-order valence-corrected chi connectivity index (χ1v) is 8.81. The van der Waals surface area contributed by atoms with Crippen molar-refractivity contribution in [3.05, 3.63) is 52.4 Å². The predicted octanol–water partition coefficient (Wildman–Crippen LogP) is 3.78. The largest absolute Gasteiger partial charge is 0.483 e. The van der Waals surface area contributed by atoms with Crippen LogP contribution in [0, 0.1) is 6.92 Å². The van der Waals surface area contributed by atoms with Gasteiger partial charge < -0.3 is 18.8 Å². The fraction of sp³-hybridized carbons (Fsp3) is 0.421. The van der Waals surface area contributed by atoms with Crippen molar-refractivity contribution in [2.75, 3.05) is 26.4 Å². The van der Waals surface area contributed by atoms with Gasteiger partial charge in [0.25, 0.3) is 5.91 Å². The lowest BCUT2D eigenvalue weighted by molar-refractivity contribution is -0.143. The third-order valence-corrected chi connectivity index (χ3v) is 4.79. The average molecular weight is 364 g/mol. The Bertz CT molecular complexity index is 743. The minimum Gasteiger partial charge on any atom is -0.483 e. The van der Waals surface area contributed by atoms with Gasteiger partial charge in [-0.3, -0.25) is 4.79 Å². The first-order chi connectivity index (χ1) is 12.1. The van der Waals surface area contributed by atoms with Crippen LogP contribution in [-0.2, 0) is 16.0 Å². The summed E-state index contributed by atoms with van der Waals surface area (Å²) in [4.78, 5) is 14.5. The van der Waals surface area contributed by atoms with Crippen molar-refractivity contribution in [1.82, 2.24) is 4.90 Å². The number of amides is 1. The summed E-state index contributed by atoms with van der Waals surface area (Å²) in [5, 5.41) is 0.622. The highest BCUT2D eigenvalue weighted by Gasteiger charge is 2.31. The molecular weight excluding hydrogens is 342 g/mol. The fourth-order valence-corrected chi connectivity index (χ4v) is 3.03. The van der Waals surface area contributed by atoms with Crippen molar-refractivity contribution in [2.45, 2.75) is 26.3 Å². The minimum absolute atomic E-state index is 0.0426. The number of halogens is 1. The van der Waals surface area contributed by atoms with E-state index in [1.165, 1.54) is 0 Å². The Hall–Kier alpha value is -1.98. The van der Waals surface area contributed by atoms with E-state index < -0.39 is 0 Å². The first-order valence-electron chi connectivity index (χ1n) is 8.44. The summed E-state index contributed by atoms with van der Waals surface area (Å²) >= 11 is 6.09. The van der Waals surface area contributed by atoms with Gasteiger partial charge in [0.05, 0.1) is 13.2 Å². The van der Waals surface area contributed by atoms with E-state index in [1.54, 1.807) is 11.0 Å². The van der Waals surface area contributed by atoms with E-state index in [0.717, 1.165) is 23.5 Å². The van der Waals surface area contributed by atoms with Crippen molar-refractivity contribution in [3.8, 4) is 5.75 Å². The summed E-state index contributed by atoms with van der Waals surface area (Å²) in [7, 11) is 0. The Kier molecular flexibility index (Phi) is 5.66. The zero-order chi connectivity index (χ0) is 17.8. The summed E-state index contributed by atoms with van der Waals surface area (Å²) in [6.07, 6.45) is 0.818. The predicted molar refractivity (Wildman–Crippen MR) is 95.0 cm³/mol. The lowest BCUT2D eigenvalue weighted by Crippen LogP contribution is -2.45. The van der Waals surface area contributed by atoms with Crippen molar-refractivity contribution in [1.29, 1.82) is 0 Å². The molecule has 1 amide bonds. The van der Waals surface area contributed by atoms with Gasteiger partial charge in [-0.25, -0.2) is 0 Å². The molecule has 2 aromatic rings. The maximum absolute atomic E-state index is 12.7. The molecule has 1 aliphatic heterocycles. The van der Waals surface area contributed by atoms with Crippen LogP contribution in [0.4, 0.5) is 0 Å². The van der Waals surface area contributed by atoms with Gasteiger partial charge in [-0.1, -0.05) is 24.6 Å². The van der Waals surface area contributed by atoms with Gasteiger partial charge in [-0.2, -0.15) is 0 Å². The number of rotatable bonds is 5. The van der Waals surface area contributed by atoms with E-state index in [2.05, 4.69) is 0 Å². The topological polar surface area (TPSA) is 51.9 Å². The Labute approximate surface area is 152 Å². The van der Waals surface area contributed by atoms with Gasteiger partial charge in [0.1, 0.15) is 23.3 Å². The number of furan rings is 1. The van der Waals surface area contributed by atoms with Crippen LogP contribution in [0.5, 0.6) is 5.75 Å². The van der Waals surface area contributed by atoms with Crippen LogP contribution in [0.25, 0.3) is 0 Å². The summed E-state index contributed by atoms with van der Waals surface area (Å²) in [6, 6.07) is 9.06.